The normalized spacial score (nSPS) is 17.1. The van der Waals surface area contributed by atoms with Gasteiger partial charge in [-0.25, -0.2) is 0 Å². The highest BCUT2D eigenvalue weighted by molar-refractivity contribution is 14.1. The van der Waals surface area contributed by atoms with Crippen LogP contribution in [0.5, 0.6) is 0 Å². The summed E-state index contributed by atoms with van der Waals surface area (Å²) in [5.41, 5.74) is 3.39. The lowest BCUT2D eigenvalue weighted by Crippen LogP contribution is -2.22. The second kappa shape index (κ2) is 6.94. The lowest BCUT2D eigenvalue weighted by Gasteiger charge is -2.22. The van der Waals surface area contributed by atoms with Crippen molar-refractivity contribution in [2.24, 2.45) is 0 Å². The molecule has 2 aromatic rings. The van der Waals surface area contributed by atoms with E-state index in [1.165, 1.54) is 6.07 Å². The fourth-order valence-corrected chi connectivity index (χ4v) is 3.44. The summed E-state index contributed by atoms with van der Waals surface area (Å²) in [6.07, 6.45) is 0.252. The van der Waals surface area contributed by atoms with E-state index < -0.39 is 11.0 Å². The summed E-state index contributed by atoms with van der Waals surface area (Å²) in [4.78, 5) is 12.6. The fraction of sp³-hybridized carbons (Fsp3) is 0.294. The van der Waals surface area contributed by atoms with Gasteiger partial charge in [-0.2, -0.15) is 0 Å². The smallest absolute Gasteiger partial charge is 0.272 e. The summed E-state index contributed by atoms with van der Waals surface area (Å²) in [6, 6.07) is 12.0. The van der Waals surface area contributed by atoms with Gasteiger partial charge in [0.2, 0.25) is 0 Å². The fourth-order valence-electron chi connectivity index (χ4n) is 2.79. The molecule has 24 heavy (non-hydrogen) atoms. The van der Waals surface area contributed by atoms with E-state index in [4.69, 9.17) is 0 Å². The van der Waals surface area contributed by atoms with E-state index in [2.05, 4.69) is 40.0 Å². The number of β-amino-alcohol motifs (C(OH)–C–C–N with tert-alkyl or cyclic N) is 1. The van der Waals surface area contributed by atoms with E-state index in [9.17, 15) is 15.2 Å². The highest BCUT2D eigenvalue weighted by Gasteiger charge is 2.24. The summed E-state index contributed by atoms with van der Waals surface area (Å²) in [5, 5.41) is 24.2. The van der Waals surface area contributed by atoms with E-state index in [0.29, 0.717) is 30.9 Å². The quantitative estimate of drug-likeness (QED) is 0.433. The molecule has 2 N–H and O–H groups in total. The molecule has 1 aliphatic rings. The van der Waals surface area contributed by atoms with Gasteiger partial charge in [-0.3, -0.25) is 10.1 Å². The van der Waals surface area contributed by atoms with E-state index in [1.807, 2.05) is 24.0 Å². The number of nitro groups is 1. The molecule has 0 bridgehead atoms. The minimum absolute atomic E-state index is 0.00345. The number of hydrogen-bond donors (Lipinski definition) is 2. The molecular formula is C17H17IN3O3. The maximum Gasteiger partial charge on any atom is 0.272 e. The average molecular weight is 438 g/mol. The second-order valence-corrected chi connectivity index (χ2v) is 7.09. The molecule has 1 saturated heterocycles. The molecule has 0 amide bonds. The summed E-state index contributed by atoms with van der Waals surface area (Å²) >= 11 is 2.26. The minimum atomic E-state index is -0.424. The SMILES string of the molecule is Cc1cc(I)ccc1Nc1[c]cc([N+](=O)[O-])cc1N1CCC(O)C1. The van der Waals surface area contributed by atoms with Crippen molar-refractivity contribution in [2.75, 3.05) is 23.3 Å². The maximum absolute atomic E-state index is 11.1. The monoisotopic (exact) mass is 438 g/mol. The van der Waals surface area contributed by atoms with Gasteiger partial charge in [-0.1, -0.05) is 0 Å². The molecule has 2 aromatic carbocycles. The predicted molar refractivity (Wildman–Crippen MR) is 102 cm³/mol. The minimum Gasteiger partial charge on any atom is -0.391 e. The van der Waals surface area contributed by atoms with Crippen LogP contribution in [0.3, 0.4) is 0 Å². The number of halogens is 1. The molecule has 1 aliphatic heterocycles. The summed E-state index contributed by atoms with van der Waals surface area (Å²) < 4.78 is 1.14. The Kier molecular flexibility index (Phi) is 4.91. The van der Waals surface area contributed by atoms with Crippen molar-refractivity contribution in [2.45, 2.75) is 19.4 Å². The third-order valence-electron chi connectivity index (χ3n) is 4.07. The molecular weight excluding hydrogens is 421 g/mol. The Morgan fingerprint density at radius 3 is 2.88 bits per heavy atom. The zero-order valence-electron chi connectivity index (χ0n) is 13.1. The van der Waals surface area contributed by atoms with Crippen LogP contribution in [-0.4, -0.2) is 29.2 Å². The number of aliphatic hydroxyl groups excluding tert-OH is 1. The van der Waals surface area contributed by atoms with Gasteiger partial charge in [0.1, 0.15) is 0 Å². The Bertz CT molecular complexity index is 782. The van der Waals surface area contributed by atoms with Gasteiger partial charge in [0.15, 0.2) is 0 Å². The molecule has 1 fully saturated rings. The number of benzene rings is 2. The molecule has 1 heterocycles. The van der Waals surface area contributed by atoms with E-state index in [0.717, 1.165) is 14.8 Å². The summed E-state index contributed by atoms with van der Waals surface area (Å²) in [5.74, 6) is 0. The number of rotatable bonds is 4. The highest BCUT2D eigenvalue weighted by Crippen LogP contribution is 2.35. The van der Waals surface area contributed by atoms with Crippen molar-refractivity contribution in [3.05, 3.63) is 55.6 Å². The van der Waals surface area contributed by atoms with Crippen LogP contribution in [0.2, 0.25) is 0 Å². The molecule has 1 radical (unpaired) electrons. The van der Waals surface area contributed by atoms with E-state index in [-0.39, 0.29) is 5.69 Å². The lowest BCUT2D eigenvalue weighted by atomic mass is 10.1. The highest BCUT2D eigenvalue weighted by atomic mass is 127. The second-order valence-electron chi connectivity index (χ2n) is 5.85. The molecule has 1 unspecified atom stereocenters. The first kappa shape index (κ1) is 17.0. The van der Waals surface area contributed by atoms with Gasteiger partial charge < -0.3 is 15.3 Å². The average Bonchev–Trinajstić information content (AvgIpc) is 2.96. The van der Waals surface area contributed by atoms with Gasteiger partial charge in [-0.05, 0) is 59.7 Å². The van der Waals surface area contributed by atoms with Crippen molar-refractivity contribution in [3.8, 4) is 0 Å². The first-order valence-electron chi connectivity index (χ1n) is 7.60. The predicted octanol–water partition coefficient (Wildman–Crippen LogP) is 3.62. The van der Waals surface area contributed by atoms with Crippen molar-refractivity contribution in [1.29, 1.82) is 0 Å². The largest absolute Gasteiger partial charge is 0.391 e. The van der Waals surface area contributed by atoms with Crippen molar-refractivity contribution >= 4 is 45.3 Å². The Balaban J connectivity index is 1.98. The van der Waals surface area contributed by atoms with Crippen LogP contribution in [0.15, 0.2) is 30.3 Å². The maximum atomic E-state index is 11.1. The zero-order chi connectivity index (χ0) is 17.3. The van der Waals surface area contributed by atoms with Crippen LogP contribution in [0.1, 0.15) is 12.0 Å². The molecule has 125 valence electrons. The van der Waals surface area contributed by atoms with Crippen LogP contribution in [0.4, 0.5) is 22.7 Å². The number of anilines is 3. The van der Waals surface area contributed by atoms with Crippen LogP contribution in [0, 0.1) is 26.7 Å². The number of nitro benzene ring substituents is 1. The topological polar surface area (TPSA) is 78.6 Å². The summed E-state index contributed by atoms with van der Waals surface area (Å²) in [7, 11) is 0. The van der Waals surface area contributed by atoms with Gasteiger partial charge >= 0.3 is 0 Å². The van der Waals surface area contributed by atoms with Gasteiger partial charge in [-0.15, -0.1) is 0 Å². The Labute approximate surface area is 153 Å². The molecule has 0 spiro atoms. The van der Waals surface area contributed by atoms with Gasteiger partial charge in [0.05, 0.1) is 22.4 Å². The van der Waals surface area contributed by atoms with Gasteiger partial charge in [0.25, 0.3) is 5.69 Å². The Morgan fingerprint density at radius 2 is 2.25 bits per heavy atom. The van der Waals surface area contributed by atoms with Crippen LogP contribution >= 0.6 is 22.6 Å². The van der Waals surface area contributed by atoms with Crippen LogP contribution < -0.4 is 10.2 Å². The number of nitrogens with one attached hydrogen (secondary N) is 1. The first-order chi connectivity index (χ1) is 11.4. The van der Waals surface area contributed by atoms with E-state index in [1.54, 1.807) is 6.07 Å². The Morgan fingerprint density at radius 1 is 1.46 bits per heavy atom. The molecule has 0 aromatic heterocycles. The number of nitrogens with zero attached hydrogens (tertiary/aromatic N) is 2. The number of non-ortho nitro benzene ring substituents is 1. The third kappa shape index (κ3) is 3.62. The van der Waals surface area contributed by atoms with Crippen molar-refractivity contribution in [3.63, 3.8) is 0 Å². The molecule has 6 nitrogen and oxygen atoms in total. The molecule has 1 atom stereocenters. The summed E-state index contributed by atoms with van der Waals surface area (Å²) in [6.45, 7) is 3.14. The number of aryl methyl sites for hydroxylation is 1. The van der Waals surface area contributed by atoms with Crippen molar-refractivity contribution in [1.82, 2.24) is 0 Å². The molecule has 7 heteroatoms. The molecule has 0 aliphatic carbocycles. The number of hydrogen-bond acceptors (Lipinski definition) is 5. The van der Waals surface area contributed by atoms with E-state index >= 15 is 0 Å². The lowest BCUT2D eigenvalue weighted by molar-refractivity contribution is -0.384. The number of aliphatic hydroxyl groups is 1. The van der Waals surface area contributed by atoms with Crippen molar-refractivity contribution < 1.29 is 10.0 Å². The standard InChI is InChI=1S/C17H17IN3O3/c1-11-8-12(18)2-4-15(11)19-16-5-3-13(21(23)24)9-17(16)20-7-6-14(22)10-20/h2-4,8-9,14,19,22H,6-7,10H2,1H3. The van der Waals surface area contributed by atoms with Crippen LogP contribution in [-0.2, 0) is 0 Å². The Hall–Kier alpha value is -1.87. The van der Waals surface area contributed by atoms with Gasteiger partial charge in [0, 0.05) is 40.5 Å². The third-order valence-corrected chi connectivity index (χ3v) is 4.74. The molecule has 0 saturated carbocycles. The molecule has 3 rings (SSSR count). The van der Waals surface area contributed by atoms with Crippen LogP contribution in [0.25, 0.3) is 0 Å². The first-order valence-corrected chi connectivity index (χ1v) is 8.68. The zero-order valence-corrected chi connectivity index (χ0v) is 15.3.